The van der Waals surface area contributed by atoms with Crippen LogP contribution in [-0.2, 0) is 43.0 Å². The number of aromatic carboxylic acids is 1. The number of methoxy groups -OCH3 is 2. The van der Waals surface area contributed by atoms with Crippen molar-refractivity contribution in [3.8, 4) is 0 Å². The maximum absolute atomic E-state index is 14.5. The van der Waals surface area contributed by atoms with E-state index in [0.717, 1.165) is 83.5 Å². The van der Waals surface area contributed by atoms with Crippen LogP contribution in [-0.4, -0.2) is 162 Å². The van der Waals surface area contributed by atoms with Crippen molar-refractivity contribution in [1.29, 1.82) is 0 Å². The Bertz CT molecular complexity index is 2900. The molecule has 4 heterocycles. The fourth-order valence-electron chi connectivity index (χ4n) is 12.7. The molecule has 6 fully saturated rings. The van der Waals surface area contributed by atoms with Crippen LogP contribution < -0.4 is 44.7 Å². The minimum absolute atomic E-state index is 0. The number of quaternary nitrogens is 1. The van der Waals surface area contributed by atoms with Crippen molar-refractivity contribution in [2.24, 2.45) is 40.4 Å². The Hall–Kier alpha value is -7.61. The SMILES string of the molecule is CCC[C@H](NC(=O)[C@@H]1[C@@H]2[C@H](CN1C(=O)[C@@H](NC(=O)[C@@H](NC(=O)c1cnccn1)C1CCCCC1)C(C)(C)C)C2(C)C)C(=O)C(=O)NC1CC1.COC(=O)C([NH3+])C1CCCCC1.COC(=O)[C@@H](NC(=O)c1cnccn1)C1CCCCC1.O=C(O)c1cnccn1.[Cl-]. The zero-order chi connectivity index (χ0) is 65.7. The van der Waals surface area contributed by atoms with Crippen LogP contribution in [0.4, 0.5) is 0 Å². The normalized spacial score (nSPS) is 20.9. The number of carbonyl (C=O) groups is 10. The lowest BCUT2D eigenvalue weighted by Crippen LogP contribution is -3.00. The predicted molar refractivity (Wildman–Crippen MR) is 327 cm³/mol. The molecule has 5 aliphatic carbocycles. The molecule has 3 aromatic heterocycles. The largest absolute Gasteiger partial charge is 1.00 e. The second-order valence-corrected chi connectivity index (χ2v) is 26.0. The van der Waals surface area contributed by atoms with Crippen LogP contribution in [0.2, 0.25) is 0 Å². The monoisotopic (exact) mass is 1290 g/mol. The molecule has 1 aliphatic heterocycles. The Balaban J connectivity index is 0.000000288. The first-order valence-electron chi connectivity index (χ1n) is 31.8. The van der Waals surface area contributed by atoms with Gasteiger partial charge in [0.2, 0.25) is 23.5 Å². The van der Waals surface area contributed by atoms with E-state index in [1.54, 1.807) is 4.90 Å². The Morgan fingerprint density at radius 2 is 1.10 bits per heavy atom. The van der Waals surface area contributed by atoms with Crippen LogP contribution in [0.5, 0.6) is 0 Å². The number of halogens is 1. The molecular formula is C64H94ClN13O13. The zero-order valence-corrected chi connectivity index (χ0v) is 54.6. The molecule has 6 aliphatic rings. The van der Waals surface area contributed by atoms with E-state index >= 15 is 0 Å². The number of piperidine rings is 1. The molecule has 3 aromatic rings. The highest BCUT2D eigenvalue weighted by Gasteiger charge is 2.70. The Morgan fingerprint density at radius 1 is 0.637 bits per heavy atom. The number of hydrogen-bond donors (Lipinski definition) is 7. The summed E-state index contributed by atoms with van der Waals surface area (Å²) < 4.78 is 9.48. The molecule has 1 saturated heterocycles. The minimum Gasteiger partial charge on any atom is -1.00 e. The van der Waals surface area contributed by atoms with Gasteiger partial charge in [-0.15, -0.1) is 0 Å². The van der Waals surface area contributed by atoms with Gasteiger partial charge in [0, 0.05) is 55.7 Å². The molecule has 26 nitrogen and oxygen atoms in total. The van der Waals surface area contributed by atoms with E-state index < -0.39 is 82.9 Å². The summed E-state index contributed by atoms with van der Waals surface area (Å²) in [5.74, 6) is -4.77. The Kier molecular flexibility index (Phi) is 28.7. The molecule has 0 spiro atoms. The van der Waals surface area contributed by atoms with E-state index in [1.807, 2.05) is 27.7 Å². The second-order valence-electron chi connectivity index (χ2n) is 26.0. The molecule has 1 unspecified atom stereocenters. The van der Waals surface area contributed by atoms with E-state index in [2.05, 4.69) is 80.8 Å². The average Bonchev–Trinajstić information content (AvgIpc) is 1.53. The molecule has 8 atom stereocenters. The quantitative estimate of drug-likeness (QED) is 0.0616. The first kappa shape index (κ1) is 74.1. The number of ketones is 1. The van der Waals surface area contributed by atoms with Crippen molar-refractivity contribution in [3.05, 3.63) is 72.9 Å². The van der Waals surface area contributed by atoms with Crippen molar-refractivity contribution >= 4 is 59.1 Å². The summed E-state index contributed by atoms with van der Waals surface area (Å²) in [7, 11) is 2.77. The molecular weight excluding hydrogens is 1190 g/mol. The standard InChI is InChI=1S/C36H53N7O6.C14H19N3O3.C9H17NO2.C5H4N2O2.ClH/c1-7-11-23(28(44)33(48)39-21-14-15-21)40-32(47)27-25-22(36(25,5)6)19-43(27)34(49)29(35(2,3)4)42-31(46)26(20-12-9-8-10-13-20)41-30(45)24-18-37-16-17-38-24;1-20-14(19)12(10-5-3-2-4-6-10)17-13(18)11-9-15-7-8-16-11;1-12-9(11)8(10)7-5-3-2-4-6-7;8-5(9)4-3-6-1-2-7-4;/h16-18,20-23,25-27,29H,7-15,19H2,1-6H3,(H,39,48)(H,40,47)(H,41,45)(H,42,46);7-10,12H,2-6H2,1H3,(H,17,18);7-8H,2-6,10H2,1H3;1-3H,(H,8,9);1H/t22-,23-,25-,26-,27-,29+;12-;;;/m00.../s1. The summed E-state index contributed by atoms with van der Waals surface area (Å²) in [5, 5.41) is 22.5. The van der Waals surface area contributed by atoms with Gasteiger partial charge in [0.1, 0.15) is 35.6 Å². The highest BCUT2D eigenvalue weighted by atomic mass is 35.5. The molecule has 0 aromatic carbocycles. The van der Waals surface area contributed by atoms with Gasteiger partial charge in [-0.25, -0.2) is 29.3 Å². The lowest BCUT2D eigenvalue weighted by molar-refractivity contribution is -0.422. The molecule has 0 radical (unpaired) electrons. The van der Waals surface area contributed by atoms with E-state index in [1.165, 1.54) is 95.7 Å². The number of aromatic nitrogens is 6. The lowest BCUT2D eigenvalue weighted by Gasteiger charge is -2.39. The van der Waals surface area contributed by atoms with E-state index in [9.17, 15) is 47.9 Å². The molecule has 91 heavy (non-hydrogen) atoms. The summed E-state index contributed by atoms with van der Waals surface area (Å²) >= 11 is 0. The van der Waals surface area contributed by atoms with Gasteiger partial charge in [0.15, 0.2) is 11.7 Å². The number of carboxylic acid groups (broad SMARTS) is 1. The third-order valence-electron chi connectivity index (χ3n) is 18.2. The van der Waals surface area contributed by atoms with Crippen molar-refractivity contribution < 1.29 is 80.7 Å². The van der Waals surface area contributed by atoms with Crippen LogP contribution >= 0.6 is 0 Å². The molecule has 27 heteroatoms. The summed E-state index contributed by atoms with van der Waals surface area (Å²) in [6.07, 6.45) is 30.8. The van der Waals surface area contributed by atoms with Gasteiger partial charge in [0.25, 0.3) is 17.7 Å². The van der Waals surface area contributed by atoms with Crippen molar-refractivity contribution in [2.75, 3.05) is 20.8 Å². The predicted octanol–water partition coefficient (Wildman–Crippen LogP) is 1.16. The lowest BCUT2D eigenvalue weighted by atomic mass is 9.82. The number of carboxylic acids is 1. The van der Waals surface area contributed by atoms with Crippen LogP contribution in [0.1, 0.15) is 195 Å². The molecule has 6 amide bonds. The fourth-order valence-corrected chi connectivity index (χ4v) is 12.7. The number of nitrogens with zero attached hydrogens (tertiary/aromatic N) is 7. The number of ether oxygens (including phenoxy) is 2. The maximum Gasteiger partial charge on any atom is 0.364 e. The van der Waals surface area contributed by atoms with Crippen molar-refractivity contribution in [1.82, 2.24) is 61.4 Å². The minimum atomic E-state index is -1.05. The number of nitrogens with one attached hydrogen (secondary N) is 5. The smallest absolute Gasteiger partial charge is 0.364 e. The second kappa shape index (κ2) is 35.3. The van der Waals surface area contributed by atoms with Crippen LogP contribution in [0.15, 0.2) is 55.8 Å². The van der Waals surface area contributed by atoms with Crippen LogP contribution in [0.25, 0.3) is 0 Å². The maximum atomic E-state index is 14.5. The van der Waals surface area contributed by atoms with Gasteiger partial charge in [-0.3, -0.25) is 48.5 Å². The van der Waals surface area contributed by atoms with Gasteiger partial charge in [-0.2, -0.15) is 0 Å². The van der Waals surface area contributed by atoms with E-state index in [-0.39, 0.29) is 82.5 Å². The topological polar surface area (TPSA) is 378 Å². The number of hydrogen-bond acceptors (Lipinski definition) is 18. The number of amides is 6. The molecule has 500 valence electrons. The van der Waals surface area contributed by atoms with Crippen molar-refractivity contribution in [2.45, 2.75) is 206 Å². The molecule has 9 rings (SSSR count). The highest BCUT2D eigenvalue weighted by Crippen LogP contribution is 2.65. The number of fused-ring (bicyclic) bond motifs is 1. The van der Waals surface area contributed by atoms with Gasteiger partial charge in [0.05, 0.1) is 38.9 Å². The summed E-state index contributed by atoms with van der Waals surface area (Å²) in [6, 6.07) is -4.49. The third-order valence-corrected chi connectivity index (χ3v) is 18.2. The molecule has 5 saturated carbocycles. The number of Topliss-reactive ketones (excluding diaryl/α,β-unsaturated/α-hetero) is 1. The third kappa shape index (κ3) is 21.2. The number of carbonyl (C=O) groups excluding carboxylic acids is 9. The Morgan fingerprint density at radius 3 is 1.52 bits per heavy atom. The molecule has 9 N–H and O–H groups in total. The highest BCUT2D eigenvalue weighted by molar-refractivity contribution is 6.38. The zero-order valence-electron chi connectivity index (χ0n) is 53.8. The first-order chi connectivity index (χ1) is 42.9. The summed E-state index contributed by atoms with van der Waals surface area (Å²) in [5.41, 5.74) is 3.19. The van der Waals surface area contributed by atoms with Gasteiger partial charge >= 0.3 is 17.9 Å². The summed E-state index contributed by atoms with van der Waals surface area (Å²) in [4.78, 5) is 151. The van der Waals surface area contributed by atoms with Gasteiger partial charge < -0.3 is 64.2 Å². The number of esters is 2. The average molecular weight is 1290 g/mol. The number of likely N-dealkylation sites (tertiary alicyclic amines) is 1. The van der Waals surface area contributed by atoms with Gasteiger partial charge in [-0.1, -0.05) is 106 Å². The first-order valence-corrected chi connectivity index (χ1v) is 31.8. The van der Waals surface area contributed by atoms with E-state index in [0.29, 0.717) is 25.3 Å². The summed E-state index contributed by atoms with van der Waals surface area (Å²) in [6.45, 7) is 11.9. The fraction of sp³-hybridized carbons (Fsp3) is 0.656. The van der Waals surface area contributed by atoms with E-state index in [4.69, 9.17) is 9.84 Å². The molecule has 0 bridgehead atoms. The number of rotatable bonds is 20. The van der Waals surface area contributed by atoms with Crippen LogP contribution in [0, 0.1) is 40.4 Å². The van der Waals surface area contributed by atoms with Crippen molar-refractivity contribution in [3.63, 3.8) is 0 Å². The van der Waals surface area contributed by atoms with Crippen LogP contribution in [0.3, 0.4) is 0 Å². The Labute approximate surface area is 538 Å². The van der Waals surface area contributed by atoms with Gasteiger partial charge in [-0.05, 0) is 92.3 Å².